The van der Waals surface area contributed by atoms with Gasteiger partial charge in [0.1, 0.15) is 5.82 Å². The average Bonchev–Trinajstić information content (AvgIpc) is 2.75. The van der Waals surface area contributed by atoms with Crippen molar-refractivity contribution in [1.29, 1.82) is 0 Å². The van der Waals surface area contributed by atoms with Crippen molar-refractivity contribution in [1.82, 2.24) is 15.0 Å². The van der Waals surface area contributed by atoms with Crippen LogP contribution in [0.15, 0.2) is 30.5 Å². The molecule has 90 valence electrons. The first-order chi connectivity index (χ1) is 8.63. The second-order valence-electron chi connectivity index (χ2n) is 4.21. The average molecular weight is 259 g/mol. The number of H-pyrrole nitrogens is 1. The summed E-state index contributed by atoms with van der Waals surface area (Å²) in [6, 6.07) is 7.45. The van der Waals surface area contributed by atoms with Gasteiger partial charge in [-0.2, -0.15) is 0 Å². The van der Waals surface area contributed by atoms with Crippen LogP contribution in [0.5, 0.6) is 0 Å². The minimum Gasteiger partial charge on any atom is -0.398 e. The number of rotatable bonds is 1. The summed E-state index contributed by atoms with van der Waals surface area (Å²) in [6.45, 7) is 1.99. The maximum Gasteiger partial charge on any atom is 0.178 e. The van der Waals surface area contributed by atoms with Gasteiger partial charge in [0.2, 0.25) is 0 Å². The van der Waals surface area contributed by atoms with Crippen molar-refractivity contribution < 1.29 is 0 Å². The van der Waals surface area contributed by atoms with Gasteiger partial charge in [-0.3, -0.25) is 0 Å². The Labute approximate surface area is 109 Å². The number of fused-ring (bicyclic) bond motifs is 1. The van der Waals surface area contributed by atoms with E-state index >= 15 is 0 Å². The van der Waals surface area contributed by atoms with Gasteiger partial charge in [0, 0.05) is 11.8 Å². The van der Waals surface area contributed by atoms with E-state index < -0.39 is 0 Å². The van der Waals surface area contributed by atoms with Crippen LogP contribution in [0.25, 0.3) is 22.6 Å². The van der Waals surface area contributed by atoms with Crippen LogP contribution >= 0.6 is 11.6 Å². The number of anilines is 1. The van der Waals surface area contributed by atoms with E-state index in [2.05, 4.69) is 15.0 Å². The molecule has 0 aliphatic heterocycles. The summed E-state index contributed by atoms with van der Waals surface area (Å²) in [5, 5.41) is 0.545. The number of benzene rings is 1. The van der Waals surface area contributed by atoms with E-state index in [-0.39, 0.29) is 0 Å². The molecule has 0 aliphatic rings. The summed E-state index contributed by atoms with van der Waals surface area (Å²) in [5.74, 6) is 0.742. The number of nitrogens with two attached hydrogens (primary N) is 1. The van der Waals surface area contributed by atoms with Crippen LogP contribution < -0.4 is 5.73 Å². The Morgan fingerprint density at radius 2 is 2.11 bits per heavy atom. The second-order valence-corrected chi connectivity index (χ2v) is 4.61. The maximum atomic E-state index is 5.90. The highest BCUT2D eigenvalue weighted by molar-refractivity contribution is 6.33. The number of pyridine rings is 1. The molecule has 3 rings (SSSR count). The van der Waals surface area contributed by atoms with E-state index in [1.165, 1.54) is 0 Å². The van der Waals surface area contributed by atoms with E-state index in [0.717, 1.165) is 22.5 Å². The van der Waals surface area contributed by atoms with Gasteiger partial charge in [-0.25, -0.2) is 9.97 Å². The smallest absolute Gasteiger partial charge is 0.178 e. The molecule has 2 heterocycles. The van der Waals surface area contributed by atoms with Crippen LogP contribution in [-0.4, -0.2) is 15.0 Å². The van der Waals surface area contributed by atoms with Crippen LogP contribution in [0.1, 0.15) is 5.56 Å². The lowest BCUT2D eigenvalue weighted by Gasteiger charge is -2.00. The van der Waals surface area contributed by atoms with Crippen molar-refractivity contribution in [2.45, 2.75) is 6.92 Å². The molecule has 2 aromatic heterocycles. The van der Waals surface area contributed by atoms with Crippen LogP contribution in [0, 0.1) is 6.92 Å². The molecule has 3 N–H and O–H groups in total. The van der Waals surface area contributed by atoms with Gasteiger partial charge in [0.25, 0.3) is 0 Å². The largest absolute Gasteiger partial charge is 0.398 e. The predicted molar refractivity (Wildman–Crippen MR) is 73.5 cm³/mol. The summed E-state index contributed by atoms with van der Waals surface area (Å²) in [5.41, 5.74) is 9.93. The highest BCUT2D eigenvalue weighted by Gasteiger charge is 2.07. The van der Waals surface area contributed by atoms with Crippen molar-refractivity contribution in [2.24, 2.45) is 0 Å². The SMILES string of the molecule is Cc1cnc2nc(-c3ccc(Cl)c(N)c3)[nH]c2c1. The number of hydrogen-bond acceptors (Lipinski definition) is 3. The van der Waals surface area contributed by atoms with Gasteiger partial charge in [0.15, 0.2) is 5.65 Å². The fourth-order valence-corrected chi connectivity index (χ4v) is 1.95. The van der Waals surface area contributed by atoms with Crippen molar-refractivity contribution in [2.75, 3.05) is 5.73 Å². The molecule has 0 fully saturated rings. The Morgan fingerprint density at radius 3 is 2.89 bits per heavy atom. The molecule has 0 saturated carbocycles. The standard InChI is InChI=1S/C13H11ClN4/c1-7-4-11-13(16-6-7)18-12(17-11)8-2-3-9(14)10(15)5-8/h2-6H,15H2,1H3,(H,16,17,18). The molecule has 1 aromatic carbocycles. The van der Waals surface area contributed by atoms with Crippen LogP contribution in [-0.2, 0) is 0 Å². The predicted octanol–water partition coefficient (Wildman–Crippen LogP) is 3.17. The van der Waals surface area contributed by atoms with Gasteiger partial charge >= 0.3 is 0 Å². The molecular weight excluding hydrogens is 248 g/mol. The zero-order chi connectivity index (χ0) is 12.7. The normalized spacial score (nSPS) is 11.0. The zero-order valence-electron chi connectivity index (χ0n) is 9.74. The topological polar surface area (TPSA) is 67.6 Å². The molecule has 0 unspecified atom stereocenters. The van der Waals surface area contributed by atoms with Gasteiger partial charge in [-0.05, 0) is 36.8 Å². The number of imidazole rings is 1. The highest BCUT2D eigenvalue weighted by Crippen LogP contribution is 2.26. The lowest BCUT2D eigenvalue weighted by atomic mass is 10.2. The van der Waals surface area contributed by atoms with Crippen molar-refractivity contribution >= 4 is 28.5 Å². The van der Waals surface area contributed by atoms with E-state index in [9.17, 15) is 0 Å². The molecule has 0 spiro atoms. The lowest BCUT2D eigenvalue weighted by molar-refractivity contribution is 1.28. The third-order valence-electron chi connectivity index (χ3n) is 2.74. The minimum atomic E-state index is 0.541. The van der Waals surface area contributed by atoms with Crippen LogP contribution in [0.2, 0.25) is 5.02 Å². The highest BCUT2D eigenvalue weighted by atomic mass is 35.5. The first-order valence-corrected chi connectivity index (χ1v) is 5.89. The van der Waals surface area contributed by atoms with Crippen molar-refractivity contribution in [3.05, 3.63) is 41.0 Å². The van der Waals surface area contributed by atoms with Crippen LogP contribution in [0.4, 0.5) is 5.69 Å². The number of hydrogen-bond donors (Lipinski definition) is 2. The molecular formula is C13H11ClN4. The molecule has 0 amide bonds. The summed E-state index contributed by atoms with van der Waals surface area (Å²) < 4.78 is 0. The molecule has 18 heavy (non-hydrogen) atoms. The quantitative estimate of drug-likeness (QED) is 0.659. The Balaban J connectivity index is 2.16. The van der Waals surface area contributed by atoms with Gasteiger partial charge in [-0.15, -0.1) is 0 Å². The minimum absolute atomic E-state index is 0.541. The van der Waals surface area contributed by atoms with E-state index in [0.29, 0.717) is 16.4 Å². The van der Waals surface area contributed by atoms with E-state index in [4.69, 9.17) is 17.3 Å². The summed E-state index contributed by atoms with van der Waals surface area (Å²) in [4.78, 5) is 11.9. The molecule has 0 saturated heterocycles. The lowest BCUT2D eigenvalue weighted by Crippen LogP contribution is -1.88. The molecule has 0 aliphatic carbocycles. The molecule has 4 nitrogen and oxygen atoms in total. The van der Waals surface area contributed by atoms with Gasteiger partial charge < -0.3 is 10.7 Å². The Kier molecular flexibility index (Phi) is 2.45. The second kappa shape index (κ2) is 3.99. The number of nitrogen functional groups attached to an aromatic ring is 1. The van der Waals surface area contributed by atoms with Gasteiger partial charge in [-0.1, -0.05) is 11.6 Å². The number of aromatic nitrogens is 3. The number of aryl methyl sites for hydroxylation is 1. The number of nitrogens with zero attached hydrogens (tertiary/aromatic N) is 2. The molecule has 0 radical (unpaired) electrons. The Bertz CT molecular complexity index is 733. The molecule has 3 aromatic rings. The molecule has 0 bridgehead atoms. The van der Waals surface area contributed by atoms with E-state index in [1.807, 2.05) is 19.1 Å². The first-order valence-electron chi connectivity index (χ1n) is 5.51. The van der Waals surface area contributed by atoms with Crippen LogP contribution in [0.3, 0.4) is 0 Å². The van der Waals surface area contributed by atoms with Crippen molar-refractivity contribution in [3.63, 3.8) is 0 Å². The third-order valence-corrected chi connectivity index (χ3v) is 3.09. The first kappa shape index (κ1) is 11.0. The fraction of sp³-hybridized carbons (Fsp3) is 0.0769. The Morgan fingerprint density at radius 1 is 1.28 bits per heavy atom. The number of halogens is 1. The fourth-order valence-electron chi connectivity index (χ4n) is 1.83. The monoisotopic (exact) mass is 258 g/mol. The number of aromatic amines is 1. The molecule has 5 heteroatoms. The Hall–Kier alpha value is -2.07. The van der Waals surface area contributed by atoms with Gasteiger partial charge in [0.05, 0.1) is 16.2 Å². The molecule has 0 atom stereocenters. The van der Waals surface area contributed by atoms with Crippen molar-refractivity contribution in [3.8, 4) is 11.4 Å². The number of nitrogens with one attached hydrogen (secondary N) is 1. The zero-order valence-corrected chi connectivity index (χ0v) is 10.5. The summed E-state index contributed by atoms with van der Waals surface area (Å²) in [7, 11) is 0. The third kappa shape index (κ3) is 1.80. The van der Waals surface area contributed by atoms with E-state index in [1.54, 1.807) is 18.3 Å². The maximum absolute atomic E-state index is 5.90. The summed E-state index contributed by atoms with van der Waals surface area (Å²) >= 11 is 5.90. The summed E-state index contributed by atoms with van der Waals surface area (Å²) in [6.07, 6.45) is 1.79.